The van der Waals surface area contributed by atoms with Crippen LogP contribution in [0.15, 0.2) is 36.5 Å². The molecular formula is C21H21N3O4. The van der Waals surface area contributed by atoms with Gasteiger partial charge in [-0.3, -0.25) is 4.79 Å². The number of amides is 1. The third-order valence-corrected chi connectivity index (χ3v) is 5.03. The van der Waals surface area contributed by atoms with E-state index in [0.717, 1.165) is 23.8 Å². The summed E-state index contributed by atoms with van der Waals surface area (Å²) < 4.78 is 16.1. The molecule has 1 aliphatic heterocycles. The number of rotatable bonds is 4. The van der Waals surface area contributed by atoms with Crippen molar-refractivity contribution in [2.24, 2.45) is 0 Å². The van der Waals surface area contributed by atoms with Crippen molar-refractivity contribution >= 4 is 22.5 Å². The summed E-state index contributed by atoms with van der Waals surface area (Å²) in [7, 11) is 4.75. The molecule has 0 N–H and O–H groups in total. The molecule has 1 aromatic heterocycles. The van der Waals surface area contributed by atoms with Crippen molar-refractivity contribution in [1.29, 1.82) is 0 Å². The molecule has 2 heterocycles. The van der Waals surface area contributed by atoms with Gasteiger partial charge in [-0.1, -0.05) is 6.07 Å². The van der Waals surface area contributed by atoms with Gasteiger partial charge < -0.3 is 19.1 Å². The number of carbonyl (C=O) groups excluding carboxylic acids is 1. The number of carbonyl (C=O) groups is 1. The van der Waals surface area contributed by atoms with E-state index in [9.17, 15) is 4.79 Å². The van der Waals surface area contributed by atoms with Crippen molar-refractivity contribution in [3.8, 4) is 17.2 Å². The largest absolute Gasteiger partial charge is 0.497 e. The SMILES string of the molecule is COc1ccc2c(c1)C(=O)N(c1cnnc3cc(OC)c(OC)cc13)CCC2. The second kappa shape index (κ2) is 7.34. The van der Waals surface area contributed by atoms with Crippen LogP contribution in [-0.4, -0.2) is 44.0 Å². The summed E-state index contributed by atoms with van der Waals surface area (Å²) in [4.78, 5) is 15.2. The summed E-state index contributed by atoms with van der Waals surface area (Å²) in [5.74, 6) is 1.74. The summed E-state index contributed by atoms with van der Waals surface area (Å²) in [6.07, 6.45) is 3.30. The molecule has 0 aliphatic carbocycles. The van der Waals surface area contributed by atoms with Crippen molar-refractivity contribution in [1.82, 2.24) is 10.2 Å². The molecule has 1 aliphatic rings. The van der Waals surface area contributed by atoms with E-state index in [2.05, 4.69) is 10.2 Å². The average Bonchev–Trinajstić information content (AvgIpc) is 2.90. The van der Waals surface area contributed by atoms with E-state index >= 15 is 0 Å². The van der Waals surface area contributed by atoms with Crippen LogP contribution in [0.3, 0.4) is 0 Å². The molecule has 0 saturated heterocycles. The van der Waals surface area contributed by atoms with Crippen molar-refractivity contribution in [3.05, 3.63) is 47.7 Å². The van der Waals surface area contributed by atoms with Crippen LogP contribution in [-0.2, 0) is 6.42 Å². The standard InChI is InChI=1S/C21H21N3O4/c1-26-14-7-6-13-5-4-8-24(21(25)15(13)9-14)18-12-22-23-17-11-20(28-3)19(27-2)10-16(17)18/h6-7,9-12H,4-5,8H2,1-3H3. The Bertz CT molecular complexity index is 1050. The maximum atomic E-state index is 13.4. The molecule has 0 fully saturated rings. The number of aryl methyl sites for hydroxylation is 1. The number of aromatic nitrogens is 2. The topological polar surface area (TPSA) is 73.8 Å². The molecule has 2 aromatic carbocycles. The lowest BCUT2D eigenvalue weighted by molar-refractivity contribution is 0.0988. The lowest BCUT2D eigenvalue weighted by atomic mass is 10.0. The van der Waals surface area contributed by atoms with Crippen LogP contribution in [0.5, 0.6) is 17.2 Å². The van der Waals surface area contributed by atoms with Gasteiger partial charge in [0.25, 0.3) is 5.91 Å². The summed E-state index contributed by atoms with van der Waals surface area (Å²) >= 11 is 0. The smallest absolute Gasteiger partial charge is 0.258 e. The molecule has 1 amide bonds. The Kier molecular flexibility index (Phi) is 4.73. The molecule has 28 heavy (non-hydrogen) atoms. The van der Waals surface area contributed by atoms with Crippen LogP contribution in [0, 0.1) is 0 Å². The van der Waals surface area contributed by atoms with E-state index < -0.39 is 0 Å². The van der Waals surface area contributed by atoms with Gasteiger partial charge in [0, 0.05) is 23.6 Å². The fourth-order valence-electron chi connectivity index (χ4n) is 3.59. The average molecular weight is 379 g/mol. The maximum absolute atomic E-state index is 13.4. The zero-order valence-electron chi connectivity index (χ0n) is 16.1. The molecule has 4 rings (SSSR count). The first kappa shape index (κ1) is 18.0. The van der Waals surface area contributed by atoms with Gasteiger partial charge in [0.15, 0.2) is 11.5 Å². The Morgan fingerprint density at radius 2 is 1.79 bits per heavy atom. The number of hydrogen-bond acceptors (Lipinski definition) is 6. The predicted molar refractivity (Wildman–Crippen MR) is 106 cm³/mol. The summed E-state index contributed by atoms with van der Waals surface area (Å²) in [6, 6.07) is 9.26. The highest BCUT2D eigenvalue weighted by atomic mass is 16.5. The first-order valence-electron chi connectivity index (χ1n) is 9.02. The highest BCUT2D eigenvalue weighted by Crippen LogP contribution is 2.36. The lowest BCUT2D eigenvalue weighted by Gasteiger charge is -2.22. The minimum Gasteiger partial charge on any atom is -0.497 e. The van der Waals surface area contributed by atoms with Crippen LogP contribution in [0.2, 0.25) is 0 Å². The molecule has 0 radical (unpaired) electrons. The quantitative estimate of drug-likeness (QED) is 0.693. The molecule has 7 heteroatoms. The molecule has 0 saturated carbocycles. The van der Waals surface area contributed by atoms with E-state index in [-0.39, 0.29) is 5.91 Å². The predicted octanol–water partition coefficient (Wildman–Crippen LogP) is 3.25. The minimum atomic E-state index is -0.0736. The number of ether oxygens (including phenoxy) is 3. The van der Waals surface area contributed by atoms with Crippen LogP contribution in [0.1, 0.15) is 22.3 Å². The van der Waals surface area contributed by atoms with Gasteiger partial charge in [-0.2, -0.15) is 10.2 Å². The Morgan fingerprint density at radius 1 is 1.00 bits per heavy atom. The number of benzene rings is 2. The lowest BCUT2D eigenvalue weighted by Crippen LogP contribution is -2.31. The van der Waals surface area contributed by atoms with E-state index in [0.29, 0.717) is 40.6 Å². The third-order valence-electron chi connectivity index (χ3n) is 5.03. The fraction of sp³-hybridized carbons (Fsp3) is 0.286. The van der Waals surface area contributed by atoms with Crippen LogP contribution >= 0.6 is 0 Å². The minimum absolute atomic E-state index is 0.0736. The zero-order chi connectivity index (χ0) is 19.7. The van der Waals surface area contributed by atoms with Gasteiger partial charge in [-0.05, 0) is 36.6 Å². The van der Waals surface area contributed by atoms with E-state index in [4.69, 9.17) is 14.2 Å². The van der Waals surface area contributed by atoms with Crippen LogP contribution < -0.4 is 19.1 Å². The summed E-state index contributed by atoms with van der Waals surface area (Å²) in [6.45, 7) is 0.588. The van der Waals surface area contributed by atoms with Crippen molar-refractivity contribution < 1.29 is 19.0 Å². The van der Waals surface area contributed by atoms with Crippen LogP contribution in [0.4, 0.5) is 5.69 Å². The third kappa shape index (κ3) is 2.98. The van der Waals surface area contributed by atoms with E-state index in [1.165, 1.54) is 0 Å². The Morgan fingerprint density at radius 3 is 2.54 bits per heavy atom. The molecule has 144 valence electrons. The highest BCUT2D eigenvalue weighted by Gasteiger charge is 2.26. The van der Waals surface area contributed by atoms with E-state index in [1.54, 1.807) is 44.6 Å². The van der Waals surface area contributed by atoms with Gasteiger partial charge in [0.1, 0.15) is 5.75 Å². The molecular weight excluding hydrogens is 358 g/mol. The van der Waals surface area contributed by atoms with E-state index in [1.807, 2.05) is 18.2 Å². The first-order valence-corrected chi connectivity index (χ1v) is 9.02. The molecule has 7 nitrogen and oxygen atoms in total. The second-order valence-electron chi connectivity index (χ2n) is 6.54. The fourth-order valence-corrected chi connectivity index (χ4v) is 3.59. The zero-order valence-corrected chi connectivity index (χ0v) is 16.1. The summed E-state index contributed by atoms with van der Waals surface area (Å²) in [5, 5.41) is 9.09. The van der Waals surface area contributed by atoms with Crippen molar-refractivity contribution in [2.75, 3.05) is 32.8 Å². The summed E-state index contributed by atoms with van der Waals surface area (Å²) in [5.41, 5.74) is 3.02. The van der Waals surface area contributed by atoms with Crippen molar-refractivity contribution in [2.45, 2.75) is 12.8 Å². The number of nitrogens with zero attached hydrogens (tertiary/aromatic N) is 3. The molecule has 0 bridgehead atoms. The van der Waals surface area contributed by atoms with Crippen LogP contribution in [0.25, 0.3) is 10.9 Å². The van der Waals surface area contributed by atoms with Gasteiger partial charge in [0.2, 0.25) is 0 Å². The molecule has 0 unspecified atom stereocenters. The van der Waals surface area contributed by atoms with Gasteiger partial charge in [0.05, 0.1) is 38.7 Å². The van der Waals surface area contributed by atoms with Gasteiger partial charge in [-0.25, -0.2) is 0 Å². The van der Waals surface area contributed by atoms with Crippen molar-refractivity contribution in [3.63, 3.8) is 0 Å². The second-order valence-corrected chi connectivity index (χ2v) is 6.54. The normalized spacial score (nSPS) is 13.8. The Hall–Kier alpha value is -3.35. The first-order chi connectivity index (χ1) is 13.7. The maximum Gasteiger partial charge on any atom is 0.258 e. The van der Waals surface area contributed by atoms with Gasteiger partial charge >= 0.3 is 0 Å². The number of methoxy groups -OCH3 is 3. The van der Waals surface area contributed by atoms with Gasteiger partial charge in [-0.15, -0.1) is 0 Å². The Labute approximate surface area is 162 Å². The number of hydrogen-bond donors (Lipinski definition) is 0. The Balaban J connectivity index is 1.86. The molecule has 3 aromatic rings. The molecule has 0 atom stereocenters. The highest BCUT2D eigenvalue weighted by molar-refractivity contribution is 6.11. The monoisotopic (exact) mass is 379 g/mol. The number of fused-ring (bicyclic) bond motifs is 2. The molecule has 0 spiro atoms. The number of anilines is 1.